The molecule has 0 aromatic heterocycles. The SMILES string of the molecule is COC(=O)[C@@H](OC(=O)c1cc(O)c(O)c(O)c1)[C@H](O)[C@H](O)[C@@H](O)C(=O)OC. The predicted octanol–water partition coefficient (Wildman–Crippen LogP) is -2.24. The zero-order valence-electron chi connectivity index (χ0n) is 14.1. The van der Waals surface area contributed by atoms with Gasteiger partial charge in [0.05, 0.1) is 19.8 Å². The molecule has 0 aliphatic heterocycles. The highest BCUT2D eigenvalue weighted by molar-refractivity contribution is 5.93. The largest absolute Gasteiger partial charge is 0.504 e. The van der Waals surface area contributed by atoms with E-state index in [1.54, 1.807) is 0 Å². The summed E-state index contributed by atoms with van der Waals surface area (Å²) in [5, 5.41) is 57.4. The summed E-state index contributed by atoms with van der Waals surface area (Å²) in [6.45, 7) is 0. The quantitative estimate of drug-likeness (QED) is 0.166. The Morgan fingerprint density at radius 3 is 1.78 bits per heavy atom. The number of hydrogen-bond donors (Lipinski definition) is 6. The van der Waals surface area contributed by atoms with E-state index < -0.39 is 65.1 Å². The highest BCUT2D eigenvalue weighted by Crippen LogP contribution is 2.35. The Morgan fingerprint density at radius 2 is 1.33 bits per heavy atom. The molecule has 0 aliphatic rings. The summed E-state index contributed by atoms with van der Waals surface area (Å²) in [6, 6.07) is 1.38. The van der Waals surface area contributed by atoms with E-state index in [1.165, 1.54) is 0 Å². The van der Waals surface area contributed by atoms with Gasteiger partial charge in [-0.05, 0) is 12.1 Å². The molecule has 12 heteroatoms. The molecule has 0 saturated heterocycles. The van der Waals surface area contributed by atoms with Gasteiger partial charge in [0, 0.05) is 0 Å². The topological polar surface area (TPSA) is 200 Å². The van der Waals surface area contributed by atoms with Crippen molar-refractivity contribution in [3.63, 3.8) is 0 Å². The second-order valence-corrected chi connectivity index (χ2v) is 5.16. The molecule has 12 nitrogen and oxygen atoms in total. The van der Waals surface area contributed by atoms with Crippen molar-refractivity contribution in [2.45, 2.75) is 24.4 Å². The van der Waals surface area contributed by atoms with Crippen LogP contribution in [0.2, 0.25) is 0 Å². The molecule has 0 aliphatic carbocycles. The minimum atomic E-state index is -2.31. The fourth-order valence-corrected chi connectivity index (χ4v) is 1.90. The molecule has 1 aromatic carbocycles. The lowest BCUT2D eigenvalue weighted by Gasteiger charge is -2.26. The van der Waals surface area contributed by atoms with Crippen molar-refractivity contribution < 1.29 is 59.2 Å². The second-order valence-electron chi connectivity index (χ2n) is 5.16. The maximum Gasteiger partial charge on any atom is 0.350 e. The number of hydrogen-bond acceptors (Lipinski definition) is 12. The number of rotatable bonds is 7. The van der Waals surface area contributed by atoms with E-state index in [4.69, 9.17) is 4.74 Å². The van der Waals surface area contributed by atoms with Crippen LogP contribution in [0.3, 0.4) is 0 Å². The summed E-state index contributed by atoms with van der Waals surface area (Å²) in [5.41, 5.74) is -0.535. The Kier molecular flexibility index (Phi) is 7.34. The molecule has 4 atom stereocenters. The third-order valence-electron chi connectivity index (χ3n) is 3.40. The van der Waals surface area contributed by atoms with E-state index in [2.05, 4.69) is 9.47 Å². The minimum absolute atomic E-state index is 0.535. The third-order valence-corrected chi connectivity index (χ3v) is 3.40. The van der Waals surface area contributed by atoms with Crippen LogP contribution in [0.4, 0.5) is 0 Å². The highest BCUT2D eigenvalue weighted by Gasteiger charge is 2.42. The van der Waals surface area contributed by atoms with Gasteiger partial charge in [-0.1, -0.05) is 0 Å². The van der Waals surface area contributed by atoms with Gasteiger partial charge in [-0.3, -0.25) is 0 Å². The average Bonchev–Trinajstić information content (AvgIpc) is 2.66. The molecule has 1 aromatic rings. The second kappa shape index (κ2) is 9.02. The molecule has 150 valence electrons. The van der Waals surface area contributed by atoms with Gasteiger partial charge in [0.15, 0.2) is 23.4 Å². The first-order chi connectivity index (χ1) is 12.5. The molecular weight excluding hydrogens is 372 g/mol. The average molecular weight is 390 g/mol. The number of phenolic OH excluding ortho intramolecular Hbond substituents is 3. The lowest BCUT2D eigenvalue weighted by Crippen LogP contribution is -2.52. The van der Waals surface area contributed by atoms with Gasteiger partial charge in [0.25, 0.3) is 0 Å². The normalized spacial score (nSPS) is 15.1. The van der Waals surface area contributed by atoms with Gasteiger partial charge in [0.2, 0.25) is 6.10 Å². The lowest BCUT2D eigenvalue weighted by molar-refractivity contribution is -0.176. The van der Waals surface area contributed by atoms with Crippen molar-refractivity contribution in [2.75, 3.05) is 14.2 Å². The number of carbonyl (C=O) groups is 3. The Balaban J connectivity index is 3.09. The van der Waals surface area contributed by atoms with E-state index in [-0.39, 0.29) is 0 Å². The van der Waals surface area contributed by atoms with E-state index in [0.717, 1.165) is 14.2 Å². The van der Waals surface area contributed by atoms with Gasteiger partial charge >= 0.3 is 17.9 Å². The van der Waals surface area contributed by atoms with Gasteiger partial charge in [-0.25, -0.2) is 14.4 Å². The summed E-state index contributed by atoms with van der Waals surface area (Å²) < 4.78 is 13.2. The first kappa shape index (κ1) is 22.0. The lowest BCUT2D eigenvalue weighted by atomic mass is 10.0. The van der Waals surface area contributed by atoms with Gasteiger partial charge in [-0.2, -0.15) is 0 Å². The van der Waals surface area contributed by atoms with Crippen LogP contribution in [0.15, 0.2) is 12.1 Å². The first-order valence-electron chi connectivity index (χ1n) is 7.20. The van der Waals surface area contributed by atoms with Crippen molar-refractivity contribution in [1.82, 2.24) is 0 Å². The summed E-state index contributed by atoms with van der Waals surface area (Å²) >= 11 is 0. The summed E-state index contributed by atoms with van der Waals surface area (Å²) in [7, 11) is 1.77. The minimum Gasteiger partial charge on any atom is -0.504 e. The van der Waals surface area contributed by atoms with Gasteiger partial charge < -0.3 is 44.8 Å². The number of carbonyl (C=O) groups excluding carboxylic acids is 3. The van der Waals surface area contributed by atoms with E-state index in [1.807, 2.05) is 0 Å². The maximum atomic E-state index is 12.1. The Labute approximate surface area is 151 Å². The molecule has 0 spiro atoms. The van der Waals surface area contributed by atoms with Crippen molar-refractivity contribution in [3.05, 3.63) is 17.7 Å². The molecular formula is C15H18O12. The van der Waals surface area contributed by atoms with E-state index in [0.29, 0.717) is 12.1 Å². The molecule has 0 unspecified atom stereocenters. The smallest absolute Gasteiger partial charge is 0.350 e. The Bertz CT molecular complexity index is 692. The monoisotopic (exact) mass is 390 g/mol. The zero-order chi connectivity index (χ0) is 20.9. The third kappa shape index (κ3) is 4.97. The van der Waals surface area contributed by atoms with Crippen LogP contribution >= 0.6 is 0 Å². The molecule has 0 bridgehead atoms. The fourth-order valence-electron chi connectivity index (χ4n) is 1.90. The van der Waals surface area contributed by atoms with Gasteiger partial charge in [-0.15, -0.1) is 0 Å². The van der Waals surface area contributed by atoms with Crippen LogP contribution in [0.5, 0.6) is 17.2 Å². The number of aliphatic hydroxyl groups is 3. The number of benzene rings is 1. The van der Waals surface area contributed by atoms with Crippen molar-refractivity contribution in [2.24, 2.45) is 0 Å². The highest BCUT2D eigenvalue weighted by atomic mass is 16.6. The summed E-state index contributed by atoms with van der Waals surface area (Å²) in [6.07, 6.45) is -9.07. The summed E-state index contributed by atoms with van der Waals surface area (Å²) in [4.78, 5) is 35.1. The maximum absolute atomic E-state index is 12.1. The van der Waals surface area contributed by atoms with Crippen molar-refractivity contribution in [3.8, 4) is 17.2 Å². The number of aliphatic hydroxyl groups excluding tert-OH is 3. The van der Waals surface area contributed by atoms with Crippen LogP contribution < -0.4 is 0 Å². The van der Waals surface area contributed by atoms with Crippen molar-refractivity contribution >= 4 is 17.9 Å². The van der Waals surface area contributed by atoms with Crippen LogP contribution in [0.1, 0.15) is 10.4 Å². The molecule has 0 saturated carbocycles. The zero-order valence-corrected chi connectivity index (χ0v) is 14.1. The molecule has 0 amide bonds. The molecule has 0 radical (unpaired) electrons. The predicted molar refractivity (Wildman–Crippen MR) is 82.7 cm³/mol. The van der Waals surface area contributed by atoms with E-state index in [9.17, 15) is 45.0 Å². The molecule has 0 heterocycles. The van der Waals surface area contributed by atoms with Crippen LogP contribution in [0, 0.1) is 0 Å². The number of methoxy groups -OCH3 is 2. The standard InChI is InChI=1S/C15H18O12/c1-25-14(23)11(21)9(19)10(20)12(15(24)26-2)27-13(22)5-3-6(16)8(18)7(17)4-5/h3-4,9-12,16-21H,1-2H3/t9-,10+,11+,12-/m0/s1. The first-order valence-corrected chi connectivity index (χ1v) is 7.20. The Hall–Kier alpha value is -3.09. The summed E-state index contributed by atoms with van der Waals surface area (Å²) in [5.74, 6) is -6.72. The Morgan fingerprint density at radius 1 is 0.852 bits per heavy atom. The van der Waals surface area contributed by atoms with Crippen LogP contribution in [-0.2, 0) is 23.8 Å². The number of ether oxygens (including phenoxy) is 3. The van der Waals surface area contributed by atoms with Crippen LogP contribution in [0.25, 0.3) is 0 Å². The van der Waals surface area contributed by atoms with Crippen molar-refractivity contribution in [1.29, 1.82) is 0 Å². The molecule has 6 N–H and O–H groups in total. The number of aromatic hydroxyl groups is 3. The molecule has 1 rings (SSSR count). The molecule has 0 fully saturated rings. The number of phenols is 3. The van der Waals surface area contributed by atoms with E-state index >= 15 is 0 Å². The fraction of sp³-hybridized carbons (Fsp3) is 0.400. The van der Waals surface area contributed by atoms with Crippen LogP contribution in [-0.4, -0.2) is 87.2 Å². The van der Waals surface area contributed by atoms with Gasteiger partial charge in [0.1, 0.15) is 12.2 Å². The molecule has 27 heavy (non-hydrogen) atoms. The number of esters is 3.